The monoisotopic (exact) mass is 422 g/mol. The Kier molecular flexibility index (Phi) is 5.53. The first-order valence-electron chi connectivity index (χ1n) is 10.2. The van der Waals surface area contributed by atoms with Gasteiger partial charge in [0.25, 0.3) is 0 Å². The molecule has 0 radical (unpaired) electrons. The maximum absolute atomic E-state index is 12.7. The first-order valence-corrected chi connectivity index (χ1v) is 10.2. The number of fused-ring (bicyclic) bond motifs is 3. The third-order valence-corrected chi connectivity index (χ3v) is 6.28. The van der Waals surface area contributed by atoms with E-state index >= 15 is 0 Å². The first-order chi connectivity index (χ1) is 14.2. The molecule has 1 aromatic rings. The van der Waals surface area contributed by atoms with Crippen molar-refractivity contribution in [3.05, 3.63) is 59.2 Å². The van der Waals surface area contributed by atoms with Gasteiger partial charge in [0.05, 0.1) is 24.4 Å². The molecule has 3 aliphatic rings. The molecule has 0 spiro atoms. The summed E-state index contributed by atoms with van der Waals surface area (Å²) < 4.78 is 55.2. The number of ether oxygens (including phenoxy) is 3. The number of hydrogen-bond donors (Lipinski definition) is 0. The number of benzene rings is 1. The molecule has 30 heavy (non-hydrogen) atoms. The summed E-state index contributed by atoms with van der Waals surface area (Å²) in [7, 11) is 0. The molecule has 2 aliphatic heterocycles. The van der Waals surface area contributed by atoms with E-state index in [0.717, 1.165) is 43.4 Å². The highest BCUT2D eigenvalue weighted by atomic mass is 19.4. The number of alkyl halides is 3. The average Bonchev–Trinajstić information content (AvgIpc) is 3.28. The number of epoxide rings is 1. The van der Waals surface area contributed by atoms with Gasteiger partial charge in [0, 0.05) is 11.5 Å². The van der Waals surface area contributed by atoms with E-state index in [1.165, 1.54) is 12.1 Å². The van der Waals surface area contributed by atoms with Crippen LogP contribution in [0.5, 0.6) is 0 Å². The number of halogens is 3. The molecule has 2 heterocycles. The van der Waals surface area contributed by atoms with E-state index in [9.17, 15) is 18.0 Å². The molecule has 4 atom stereocenters. The topological polar surface area (TPSA) is 48.1 Å². The molecule has 7 heteroatoms. The van der Waals surface area contributed by atoms with Gasteiger partial charge in [0.2, 0.25) is 0 Å². The molecule has 0 amide bonds. The lowest BCUT2D eigenvalue weighted by Gasteiger charge is -2.20. The highest BCUT2D eigenvalue weighted by Gasteiger charge is 2.61. The summed E-state index contributed by atoms with van der Waals surface area (Å²) in [5, 5.41) is 0. The van der Waals surface area contributed by atoms with Gasteiger partial charge in [-0.25, -0.2) is 4.79 Å². The summed E-state index contributed by atoms with van der Waals surface area (Å²) in [6.07, 6.45) is 0.588. The van der Waals surface area contributed by atoms with Crippen molar-refractivity contribution in [3.8, 4) is 0 Å². The van der Waals surface area contributed by atoms with E-state index in [4.69, 9.17) is 14.2 Å². The average molecular weight is 422 g/mol. The standard InChI is InChI=1S/C23H25F3O4/c1-14-18-10-7-15(4-3-11-22(2)20(30-22)19(18)29-21(14)27)12-28-13-16-5-8-17(9-6-16)23(24,25)26/h4-6,8-9,18-20H,1,3,7,10-13H2,2H3/b15-4-/t18-,19-,20-,22+/m0/s1. The van der Waals surface area contributed by atoms with Crippen LogP contribution in [0.3, 0.4) is 0 Å². The van der Waals surface area contributed by atoms with Crippen molar-refractivity contribution in [1.82, 2.24) is 0 Å². The minimum atomic E-state index is -4.34. The minimum Gasteiger partial charge on any atom is -0.455 e. The van der Waals surface area contributed by atoms with Gasteiger partial charge in [-0.3, -0.25) is 0 Å². The van der Waals surface area contributed by atoms with Gasteiger partial charge in [-0.15, -0.1) is 0 Å². The maximum atomic E-state index is 12.7. The van der Waals surface area contributed by atoms with Gasteiger partial charge in [-0.05, 0) is 55.9 Å². The number of rotatable bonds is 4. The Morgan fingerprint density at radius 1 is 1.23 bits per heavy atom. The third-order valence-electron chi connectivity index (χ3n) is 6.28. The normalized spacial score (nSPS) is 33.2. The van der Waals surface area contributed by atoms with Crippen molar-refractivity contribution in [2.45, 2.75) is 63.2 Å². The molecule has 0 bridgehead atoms. The molecule has 1 aliphatic carbocycles. The number of carbonyl (C=O) groups excluding carboxylic acids is 1. The van der Waals surface area contributed by atoms with Crippen LogP contribution in [0.4, 0.5) is 13.2 Å². The zero-order valence-corrected chi connectivity index (χ0v) is 16.8. The van der Waals surface area contributed by atoms with Gasteiger partial charge < -0.3 is 14.2 Å². The molecule has 162 valence electrons. The number of hydrogen-bond acceptors (Lipinski definition) is 4. The molecule has 0 aromatic heterocycles. The van der Waals surface area contributed by atoms with Crippen molar-refractivity contribution in [1.29, 1.82) is 0 Å². The molecule has 2 saturated heterocycles. The zero-order valence-electron chi connectivity index (χ0n) is 16.8. The second-order valence-electron chi connectivity index (χ2n) is 8.48. The van der Waals surface area contributed by atoms with Crippen molar-refractivity contribution in [2.75, 3.05) is 6.61 Å². The van der Waals surface area contributed by atoms with Crippen LogP contribution in [-0.4, -0.2) is 30.4 Å². The lowest BCUT2D eigenvalue weighted by atomic mass is 9.84. The summed E-state index contributed by atoms with van der Waals surface area (Å²) in [5.41, 5.74) is 1.35. The molecular formula is C23H25F3O4. The Morgan fingerprint density at radius 2 is 1.97 bits per heavy atom. The fraction of sp³-hybridized carbons (Fsp3) is 0.522. The molecule has 1 aromatic carbocycles. The van der Waals surface area contributed by atoms with Crippen LogP contribution < -0.4 is 0 Å². The molecule has 4 nitrogen and oxygen atoms in total. The van der Waals surface area contributed by atoms with E-state index in [1.807, 2.05) is 6.92 Å². The van der Waals surface area contributed by atoms with Crippen molar-refractivity contribution in [3.63, 3.8) is 0 Å². The Balaban J connectivity index is 1.36. The van der Waals surface area contributed by atoms with Gasteiger partial charge in [-0.2, -0.15) is 13.2 Å². The van der Waals surface area contributed by atoms with Crippen LogP contribution in [0.15, 0.2) is 48.1 Å². The van der Waals surface area contributed by atoms with Crippen LogP contribution in [0.25, 0.3) is 0 Å². The molecular weight excluding hydrogens is 397 g/mol. The highest BCUT2D eigenvalue weighted by Crippen LogP contribution is 2.49. The Bertz CT molecular complexity index is 858. The SMILES string of the molecule is C=C1C(=O)O[C@H]2[C@H]1CC/C(COCc1ccc(C(F)(F)F)cc1)=C/CC[C@@]1(C)O[C@@H]21. The largest absolute Gasteiger partial charge is 0.455 e. The maximum Gasteiger partial charge on any atom is 0.416 e. The second kappa shape index (κ2) is 7.85. The summed E-state index contributed by atoms with van der Waals surface area (Å²) in [4.78, 5) is 12.0. The highest BCUT2D eigenvalue weighted by molar-refractivity contribution is 5.91. The summed E-state index contributed by atoms with van der Waals surface area (Å²) in [5.74, 6) is -0.410. The van der Waals surface area contributed by atoms with E-state index in [2.05, 4.69) is 12.7 Å². The smallest absolute Gasteiger partial charge is 0.416 e. The fourth-order valence-electron chi connectivity index (χ4n) is 4.34. The van der Waals surface area contributed by atoms with Crippen molar-refractivity contribution in [2.24, 2.45) is 5.92 Å². The zero-order chi connectivity index (χ0) is 21.5. The summed E-state index contributed by atoms with van der Waals surface area (Å²) in [6.45, 7) is 6.58. The third kappa shape index (κ3) is 4.32. The summed E-state index contributed by atoms with van der Waals surface area (Å²) in [6, 6.07) is 5.01. The van der Waals surface area contributed by atoms with Crippen LogP contribution in [0.2, 0.25) is 0 Å². The van der Waals surface area contributed by atoms with Crippen LogP contribution in [-0.2, 0) is 31.8 Å². The van der Waals surface area contributed by atoms with Gasteiger partial charge in [-0.1, -0.05) is 24.8 Å². The first kappa shape index (κ1) is 21.1. The molecule has 2 fully saturated rings. The number of allylic oxidation sites excluding steroid dienone is 1. The molecule has 0 unspecified atom stereocenters. The number of carbonyl (C=O) groups is 1. The van der Waals surface area contributed by atoms with Crippen LogP contribution in [0.1, 0.15) is 43.7 Å². The fourth-order valence-corrected chi connectivity index (χ4v) is 4.34. The molecule has 0 N–H and O–H groups in total. The predicted octanol–water partition coefficient (Wildman–Crippen LogP) is 4.98. The van der Waals surface area contributed by atoms with Crippen LogP contribution in [0, 0.1) is 5.92 Å². The predicted molar refractivity (Wildman–Crippen MR) is 103 cm³/mol. The molecule has 4 rings (SSSR count). The van der Waals surface area contributed by atoms with E-state index < -0.39 is 11.7 Å². The minimum absolute atomic E-state index is 0.0688. The van der Waals surface area contributed by atoms with Gasteiger partial charge in [0.1, 0.15) is 12.2 Å². The van der Waals surface area contributed by atoms with E-state index in [1.54, 1.807) is 0 Å². The Hall–Kier alpha value is -2.12. The summed E-state index contributed by atoms with van der Waals surface area (Å²) >= 11 is 0. The van der Waals surface area contributed by atoms with Crippen LogP contribution >= 0.6 is 0 Å². The van der Waals surface area contributed by atoms with E-state index in [0.29, 0.717) is 17.7 Å². The Labute approximate surface area is 173 Å². The quantitative estimate of drug-likeness (QED) is 0.297. The number of esters is 1. The van der Waals surface area contributed by atoms with Crippen molar-refractivity contribution < 1.29 is 32.2 Å². The van der Waals surface area contributed by atoms with E-state index in [-0.39, 0.29) is 36.3 Å². The van der Waals surface area contributed by atoms with Gasteiger partial charge in [0.15, 0.2) is 0 Å². The lowest BCUT2D eigenvalue weighted by molar-refractivity contribution is -0.140. The lowest BCUT2D eigenvalue weighted by Crippen LogP contribution is -2.29. The molecule has 0 saturated carbocycles. The Morgan fingerprint density at radius 3 is 2.67 bits per heavy atom. The van der Waals surface area contributed by atoms with Gasteiger partial charge >= 0.3 is 12.1 Å². The van der Waals surface area contributed by atoms with Crippen molar-refractivity contribution >= 4 is 5.97 Å². The second-order valence-corrected chi connectivity index (χ2v) is 8.48.